The highest BCUT2D eigenvalue weighted by Gasteiger charge is 2.10. The molecule has 0 saturated heterocycles. The van der Waals surface area contributed by atoms with E-state index in [0.717, 1.165) is 0 Å². The zero-order valence-electron chi connectivity index (χ0n) is 10.7. The van der Waals surface area contributed by atoms with Gasteiger partial charge in [-0.15, -0.1) is 0 Å². The molecule has 1 atom stereocenters. The highest BCUT2D eigenvalue weighted by molar-refractivity contribution is 7.98. The highest BCUT2D eigenvalue weighted by Crippen LogP contribution is 2.11. The van der Waals surface area contributed by atoms with Crippen molar-refractivity contribution in [2.45, 2.75) is 18.2 Å². The van der Waals surface area contributed by atoms with Crippen LogP contribution in [0.15, 0.2) is 35.3 Å². The Hall–Kier alpha value is -1.86. The van der Waals surface area contributed by atoms with Crippen molar-refractivity contribution in [2.75, 3.05) is 5.75 Å². The van der Waals surface area contributed by atoms with E-state index in [1.165, 1.54) is 22.2 Å². The van der Waals surface area contributed by atoms with Gasteiger partial charge in [0.15, 0.2) is 0 Å². The molecular formula is C13H15N3O3S. The summed E-state index contributed by atoms with van der Waals surface area (Å²) in [5.41, 5.74) is 6.59. The van der Waals surface area contributed by atoms with Crippen LogP contribution < -0.4 is 11.3 Å². The average Bonchev–Trinajstić information content (AvgIpc) is 2.43. The molecule has 2 aromatic heterocycles. The lowest BCUT2D eigenvalue weighted by Crippen LogP contribution is -2.30. The van der Waals surface area contributed by atoms with Crippen molar-refractivity contribution in [3.05, 3.63) is 46.5 Å². The van der Waals surface area contributed by atoms with Crippen LogP contribution in [0.3, 0.4) is 0 Å². The second-order valence-electron chi connectivity index (χ2n) is 4.30. The highest BCUT2D eigenvalue weighted by atomic mass is 32.2. The van der Waals surface area contributed by atoms with Gasteiger partial charge >= 0.3 is 5.97 Å². The number of nitrogens with zero attached hydrogens (tertiary/aromatic N) is 2. The molecular weight excluding hydrogens is 278 g/mol. The summed E-state index contributed by atoms with van der Waals surface area (Å²) in [5.74, 6) is 0.184. The van der Waals surface area contributed by atoms with E-state index in [1.807, 2.05) is 6.07 Å². The molecule has 2 rings (SSSR count). The van der Waals surface area contributed by atoms with Gasteiger partial charge < -0.3 is 10.8 Å². The van der Waals surface area contributed by atoms with Gasteiger partial charge in [-0.3, -0.25) is 14.0 Å². The first-order valence-corrected chi connectivity index (χ1v) is 7.27. The summed E-state index contributed by atoms with van der Waals surface area (Å²) < 4.78 is 1.48. The fourth-order valence-corrected chi connectivity index (χ4v) is 2.61. The minimum Gasteiger partial charge on any atom is -0.480 e. The van der Waals surface area contributed by atoms with Gasteiger partial charge in [-0.05, 0) is 24.3 Å². The summed E-state index contributed by atoms with van der Waals surface area (Å²) in [6, 6.07) is 6.03. The number of hydrogen-bond donors (Lipinski definition) is 2. The molecule has 0 aromatic carbocycles. The van der Waals surface area contributed by atoms with Crippen molar-refractivity contribution in [1.82, 2.24) is 9.38 Å². The van der Waals surface area contributed by atoms with Crippen LogP contribution in [0, 0.1) is 0 Å². The number of fused-ring (bicyclic) bond motifs is 1. The van der Waals surface area contributed by atoms with Crippen LogP contribution in [0.4, 0.5) is 0 Å². The zero-order chi connectivity index (χ0) is 14.5. The summed E-state index contributed by atoms with van der Waals surface area (Å²) in [4.78, 5) is 26.8. The Bertz CT molecular complexity index is 671. The van der Waals surface area contributed by atoms with Crippen LogP contribution in [0.1, 0.15) is 12.1 Å². The topological polar surface area (TPSA) is 97.7 Å². The molecule has 0 saturated carbocycles. The standard InChI is InChI=1S/C13H15N3O3S/c14-10(13(18)19)4-6-20-8-9-7-12(17)16-5-2-1-3-11(16)15-9/h1-3,5,7,10H,4,6,8,14H2,(H,18,19). The molecule has 0 aliphatic rings. The van der Waals surface area contributed by atoms with Gasteiger partial charge in [0.25, 0.3) is 5.56 Å². The molecule has 20 heavy (non-hydrogen) atoms. The lowest BCUT2D eigenvalue weighted by molar-refractivity contribution is -0.138. The largest absolute Gasteiger partial charge is 0.480 e. The molecule has 106 valence electrons. The first-order valence-electron chi connectivity index (χ1n) is 6.11. The van der Waals surface area contributed by atoms with E-state index in [0.29, 0.717) is 29.3 Å². The third-order valence-electron chi connectivity index (χ3n) is 2.76. The van der Waals surface area contributed by atoms with Crippen molar-refractivity contribution in [1.29, 1.82) is 0 Å². The molecule has 7 heteroatoms. The molecule has 0 aliphatic heterocycles. The second kappa shape index (κ2) is 6.53. The summed E-state index contributed by atoms with van der Waals surface area (Å²) in [5, 5.41) is 8.66. The van der Waals surface area contributed by atoms with Crippen molar-refractivity contribution in [2.24, 2.45) is 5.73 Å². The van der Waals surface area contributed by atoms with Crippen molar-refractivity contribution < 1.29 is 9.90 Å². The predicted molar refractivity (Wildman–Crippen MR) is 77.9 cm³/mol. The monoisotopic (exact) mass is 293 g/mol. The number of thioether (sulfide) groups is 1. The summed E-state index contributed by atoms with van der Waals surface area (Å²) in [6.07, 6.45) is 2.07. The molecule has 0 spiro atoms. The van der Waals surface area contributed by atoms with Gasteiger partial charge in [0.05, 0.1) is 5.69 Å². The van der Waals surface area contributed by atoms with E-state index < -0.39 is 12.0 Å². The normalized spacial score (nSPS) is 12.4. The van der Waals surface area contributed by atoms with Crippen LogP contribution in [-0.2, 0) is 10.5 Å². The number of hydrogen-bond acceptors (Lipinski definition) is 5. The zero-order valence-corrected chi connectivity index (χ0v) is 11.5. The van der Waals surface area contributed by atoms with Crippen molar-refractivity contribution >= 4 is 23.4 Å². The van der Waals surface area contributed by atoms with Crippen LogP contribution in [0.25, 0.3) is 5.65 Å². The maximum absolute atomic E-state index is 11.8. The van der Waals surface area contributed by atoms with Crippen molar-refractivity contribution in [3.8, 4) is 0 Å². The Labute approximate surface area is 119 Å². The fourth-order valence-electron chi connectivity index (χ4n) is 1.69. The lowest BCUT2D eigenvalue weighted by atomic mass is 10.2. The van der Waals surface area contributed by atoms with Gasteiger partial charge in [0.2, 0.25) is 0 Å². The maximum atomic E-state index is 11.8. The number of nitrogens with two attached hydrogens (primary N) is 1. The lowest BCUT2D eigenvalue weighted by Gasteiger charge is -2.06. The Morgan fingerprint density at radius 3 is 3.05 bits per heavy atom. The number of carbonyl (C=O) groups is 1. The van der Waals surface area contributed by atoms with E-state index >= 15 is 0 Å². The number of carboxylic acid groups (broad SMARTS) is 1. The minimum atomic E-state index is -0.993. The SMILES string of the molecule is NC(CCSCc1cc(=O)n2ccccc2n1)C(=O)O. The van der Waals surface area contributed by atoms with E-state index in [9.17, 15) is 9.59 Å². The van der Waals surface area contributed by atoms with Crippen LogP contribution in [0.2, 0.25) is 0 Å². The molecule has 0 radical (unpaired) electrons. The molecule has 2 heterocycles. The number of carboxylic acids is 1. The van der Waals surface area contributed by atoms with Crippen molar-refractivity contribution in [3.63, 3.8) is 0 Å². The van der Waals surface area contributed by atoms with Crippen LogP contribution in [-0.4, -0.2) is 32.3 Å². The van der Waals surface area contributed by atoms with E-state index in [2.05, 4.69) is 4.98 Å². The third-order valence-corrected chi connectivity index (χ3v) is 3.79. The molecule has 0 amide bonds. The van der Waals surface area contributed by atoms with Gasteiger partial charge in [0, 0.05) is 18.0 Å². The Kier molecular flexibility index (Phi) is 4.75. The summed E-state index contributed by atoms with van der Waals surface area (Å²) >= 11 is 1.52. The fraction of sp³-hybridized carbons (Fsp3) is 0.308. The molecule has 1 unspecified atom stereocenters. The number of rotatable bonds is 6. The third kappa shape index (κ3) is 3.58. The van der Waals surface area contributed by atoms with E-state index in [4.69, 9.17) is 10.8 Å². The maximum Gasteiger partial charge on any atom is 0.320 e. The average molecular weight is 293 g/mol. The van der Waals surface area contributed by atoms with E-state index in [1.54, 1.807) is 18.3 Å². The van der Waals surface area contributed by atoms with E-state index in [-0.39, 0.29) is 5.56 Å². The van der Waals surface area contributed by atoms with Gasteiger partial charge in [-0.25, -0.2) is 4.98 Å². The molecule has 0 fully saturated rings. The molecule has 0 aliphatic carbocycles. The summed E-state index contributed by atoms with van der Waals surface area (Å²) in [7, 11) is 0. The molecule has 3 N–H and O–H groups in total. The van der Waals surface area contributed by atoms with Gasteiger partial charge in [0.1, 0.15) is 11.7 Å². The van der Waals surface area contributed by atoms with Crippen LogP contribution in [0.5, 0.6) is 0 Å². The Morgan fingerprint density at radius 1 is 1.50 bits per heavy atom. The van der Waals surface area contributed by atoms with Gasteiger partial charge in [-0.1, -0.05) is 6.07 Å². The quantitative estimate of drug-likeness (QED) is 0.762. The summed E-state index contributed by atoms with van der Waals surface area (Å²) in [6.45, 7) is 0. The first-order chi connectivity index (χ1) is 9.58. The number of aliphatic carboxylic acids is 1. The molecule has 6 nitrogen and oxygen atoms in total. The second-order valence-corrected chi connectivity index (χ2v) is 5.41. The Balaban J connectivity index is 1.97. The minimum absolute atomic E-state index is 0.117. The molecule has 0 bridgehead atoms. The Morgan fingerprint density at radius 2 is 2.30 bits per heavy atom. The number of aromatic nitrogens is 2. The smallest absolute Gasteiger partial charge is 0.320 e. The first kappa shape index (κ1) is 14.5. The molecule has 2 aromatic rings. The van der Waals surface area contributed by atoms with Gasteiger partial charge in [-0.2, -0.15) is 11.8 Å². The van der Waals surface area contributed by atoms with Crippen LogP contribution >= 0.6 is 11.8 Å². The predicted octanol–water partition coefficient (Wildman–Crippen LogP) is 0.730. The number of pyridine rings is 1.